The van der Waals surface area contributed by atoms with Crippen LogP contribution in [0.25, 0.3) is 0 Å². The van der Waals surface area contributed by atoms with Crippen LogP contribution in [0.2, 0.25) is 0 Å². The molecule has 16 heavy (non-hydrogen) atoms. The molecule has 0 spiro atoms. The Balaban J connectivity index is 2.41. The highest BCUT2D eigenvalue weighted by Gasteiger charge is 1.99. The topological polar surface area (TPSA) is 0 Å². The van der Waals surface area contributed by atoms with Crippen molar-refractivity contribution in [2.75, 3.05) is 0 Å². The summed E-state index contributed by atoms with van der Waals surface area (Å²) < 4.78 is 0. The molecule has 0 amide bonds. The zero-order chi connectivity index (χ0) is 11.8. The van der Waals surface area contributed by atoms with Gasteiger partial charge in [0.15, 0.2) is 0 Å². The Morgan fingerprint density at radius 1 is 1.19 bits per heavy atom. The van der Waals surface area contributed by atoms with E-state index in [4.69, 9.17) is 0 Å². The summed E-state index contributed by atoms with van der Waals surface area (Å²) in [6.07, 6.45) is 7.75. The highest BCUT2D eigenvalue weighted by molar-refractivity contribution is 5.22. The first kappa shape index (κ1) is 13.3. The fraction of sp³-hybridized carbons (Fsp3) is 0.625. The van der Waals surface area contributed by atoms with Crippen LogP contribution in [0.1, 0.15) is 57.6 Å². The Morgan fingerprint density at radius 3 is 2.69 bits per heavy atom. The number of benzene rings is 1. The normalized spacial score (nSPS) is 11.0. The van der Waals surface area contributed by atoms with Gasteiger partial charge in [-0.15, -0.1) is 0 Å². The molecule has 0 aliphatic heterocycles. The Labute approximate surface area is 101 Å². The summed E-state index contributed by atoms with van der Waals surface area (Å²) in [5, 5.41) is 0. The van der Waals surface area contributed by atoms with Gasteiger partial charge in [0.05, 0.1) is 0 Å². The number of hydrogen-bond donors (Lipinski definition) is 0. The third kappa shape index (κ3) is 5.34. The summed E-state index contributed by atoms with van der Waals surface area (Å²) in [4.78, 5) is 0. The van der Waals surface area contributed by atoms with Crippen LogP contribution in [0.15, 0.2) is 18.2 Å². The molecular weight excluding hydrogens is 192 g/mol. The van der Waals surface area contributed by atoms with Crippen LogP contribution in [0.3, 0.4) is 0 Å². The minimum Gasteiger partial charge on any atom is -0.0654 e. The van der Waals surface area contributed by atoms with Crippen LogP contribution >= 0.6 is 0 Å². The maximum Gasteiger partial charge on any atom is -0.0149 e. The second-order valence-electron chi connectivity index (χ2n) is 5.13. The SMILES string of the molecule is CCCCCCc1[c]ccc(CC(C)C)c1. The van der Waals surface area contributed by atoms with E-state index in [0.29, 0.717) is 0 Å². The molecule has 0 saturated carbocycles. The van der Waals surface area contributed by atoms with Crippen molar-refractivity contribution in [2.45, 2.75) is 59.3 Å². The second kappa shape index (κ2) is 7.49. The van der Waals surface area contributed by atoms with E-state index in [2.05, 4.69) is 45.0 Å². The molecule has 0 aliphatic carbocycles. The van der Waals surface area contributed by atoms with E-state index >= 15 is 0 Å². The van der Waals surface area contributed by atoms with Crippen molar-refractivity contribution >= 4 is 0 Å². The largest absolute Gasteiger partial charge is 0.0654 e. The molecule has 0 saturated heterocycles. The van der Waals surface area contributed by atoms with Gasteiger partial charge in [-0.05, 0) is 42.4 Å². The van der Waals surface area contributed by atoms with Crippen LogP contribution < -0.4 is 0 Å². The van der Waals surface area contributed by atoms with Crippen LogP contribution in [-0.2, 0) is 12.8 Å². The minimum atomic E-state index is 0.746. The zero-order valence-electron chi connectivity index (χ0n) is 11.1. The van der Waals surface area contributed by atoms with E-state index in [1.54, 1.807) is 0 Å². The molecule has 0 unspecified atom stereocenters. The maximum absolute atomic E-state index is 3.36. The fourth-order valence-electron chi connectivity index (χ4n) is 2.05. The minimum absolute atomic E-state index is 0.746. The molecule has 0 heteroatoms. The Morgan fingerprint density at radius 2 is 2.00 bits per heavy atom. The number of rotatable bonds is 7. The lowest BCUT2D eigenvalue weighted by atomic mass is 9.99. The molecule has 0 bridgehead atoms. The van der Waals surface area contributed by atoms with Crippen LogP contribution in [-0.4, -0.2) is 0 Å². The molecule has 0 heterocycles. The highest BCUT2D eigenvalue weighted by atomic mass is 14.0. The van der Waals surface area contributed by atoms with Gasteiger partial charge in [0.2, 0.25) is 0 Å². The number of aryl methyl sites for hydroxylation is 1. The third-order valence-electron chi connectivity index (χ3n) is 2.87. The van der Waals surface area contributed by atoms with Crippen molar-refractivity contribution in [3.63, 3.8) is 0 Å². The zero-order valence-corrected chi connectivity index (χ0v) is 11.1. The van der Waals surface area contributed by atoms with Crippen molar-refractivity contribution in [3.8, 4) is 0 Å². The summed E-state index contributed by atoms with van der Waals surface area (Å²) in [5.74, 6) is 0.746. The van der Waals surface area contributed by atoms with Gasteiger partial charge in [-0.25, -0.2) is 0 Å². The molecule has 0 atom stereocenters. The second-order valence-corrected chi connectivity index (χ2v) is 5.13. The van der Waals surface area contributed by atoms with Gasteiger partial charge in [-0.1, -0.05) is 58.2 Å². The number of hydrogen-bond acceptors (Lipinski definition) is 0. The molecular formula is C16H25. The first-order chi connectivity index (χ1) is 7.72. The van der Waals surface area contributed by atoms with Crippen molar-refractivity contribution < 1.29 is 0 Å². The van der Waals surface area contributed by atoms with E-state index in [-0.39, 0.29) is 0 Å². The molecule has 0 nitrogen and oxygen atoms in total. The van der Waals surface area contributed by atoms with Crippen LogP contribution in [0, 0.1) is 12.0 Å². The van der Waals surface area contributed by atoms with Gasteiger partial charge in [0.25, 0.3) is 0 Å². The van der Waals surface area contributed by atoms with Gasteiger partial charge in [0, 0.05) is 0 Å². The summed E-state index contributed by atoms with van der Waals surface area (Å²) in [6.45, 7) is 6.81. The summed E-state index contributed by atoms with van der Waals surface area (Å²) in [6, 6.07) is 9.99. The highest BCUT2D eigenvalue weighted by Crippen LogP contribution is 2.12. The van der Waals surface area contributed by atoms with E-state index < -0.39 is 0 Å². The average molecular weight is 217 g/mol. The molecule has 0 fully saturated rings. The molecule has 89 valence electrons. The predicted octanol–water partition coefficient (Wildman–Crippen LogP) is 4.81. The average Bonchev–Trinajstić information content (AvgIpc) is 2.24. The Kier molecular flexibility index (Phi) is 6.22. The van der Waals surface area contributed by atoms with Gasteiger partial charge in [0.1, 0.15) is 0 Å². The van der Waals surface area contributed by atoms with Gasteiger partial charge < -0.3 is 0 Å². The predicted molar refractivity (Wildman–Crippen MR) is 71.7 cm³/mol. The van der Waals surface area contributed by atoms with E-state index in [1.807, 2.05) is 0 Å². The lowest BCUT2D eigenvalue weighted by Crippen LogP contribution is -1.95. The van der Waals surface area contributed by atoms with Crippen molar-refractivity contribution in [2.24, 2.45) is 5.92 Å². The summed E-state index contributed by atoms with van der Waals surface area (Å²) in [7, 11) is 0. The lowest BCUT2D eigenvalue weighted by Gasteiger charge is -2.07. The summed E-state index contributed by atoms with van der Waals surface area (Å²) >= 11 is 0. The molecule has 0 aliphatic rings. The quantitative estimate of drug-likeness (QED) is 0.575. The number of unbranched alkanes of at least 4 members (excludes halogenated alkanes) is 3. The van der Waals surface area contributed by atoms with Gasteiger partial charge in [-0.3, -0.25) is 0 Å². The molecule has 1 rings (SSSR count). The molecule has 1 aromatic carbocycles. The van der Waals surface area contributed by atoms with Crippen LogP contribution in [0.5, 0.6) is 0 Å². The first-order valence-corrected chi connectivity index (χ1v) is 6.72. The van der Waals surface area contributed by atoms with Crippen molar-refractivity contribution in [3.05, 3.63) is 35.4 Å². The van der Waals surface area contributed by atoms with E-state index in [9.17, 15) is 0 Å². The molecule has 1 aromatic rings. The van der Waals surface area contributed by atoms with Gasteiger partial charge >= 0.3 is 0 Å². The van der Waals surface area contributed by atoms with E-state index in [0.717, 1.165) is 5.92 Å². The Bertz CT molecular complexity index is 286. The van der Waals surface area contributed by atoms with Crippen molar-refractivity contribution in [1.82, 2.24) is 0 Å². The third-order valence-corrected chi connectivity index (χ3v) is 2.87. The molecule has 1 radical (unpaired) electrons. The lowest BCUT2D eigenvalue weighted by molar-refractivity contribution is 0.644. The fourth-order valence-corrected chi connectivity index (χ4v) is 2.05. The standard InChI is InChI=1S/C16H25/c1-4-5-6-7-9-15-10-8-11-16(13-15)12-14(2)3/h8,11,13-14H,4-7,9,12H2,1-3H3. The first-order valence-electron chi connectivity index (χ1n) is 6.72. The monoisotopic (exact) mass is 217 g/mol. The smallest absolute Gasteiger partial charge is 0.0149 e. The maximum atomic E-state index is 3.36. The molecule has 0 aromatic heterocycles. The summed E-state index contributed by atoms with van der Waals surface area (Å²) in [5.41, 5.74) is 2.87. The Hall–Kier alpha value is -0.780. The van der Waals surface area contributed by atoms with E-state index in [1.165, 1.54) is 49.7 Å². The van der Waals surface area contributed by atoms with Crippen molar-refractivity contribution in [1.29, 1.82) is 0 Å². The van der Waals surface area contributed by atoms with Crippen LogP contribution in [0.4, 0.5) is 0 Å². The van der Waals surface area contributed by atoms with Gasteiger partial charge in [-0.2, -0.15) is 0 Å². The molecule has 0 N–H and O–H groups in total.